The summed E-state index contributed by atoms with van der Waals surface area (Å²) in [6.45, 7) is 1.000. The van der Waals surface area contributed by atoms with E-state index in [0.29, 0.717) is 30.8 Å². The third kappa shape index (κ3) is 2.85. The van der Waals surface area contributed by atoms with Gasteiger partial charge in [-0.2, -0.15) is 22.0 Å². The third-order valence-electron chi connectivity index (χ3n) is 2.80. The van der Waals surface area contributed by atoms with Crippen LogP contribution in [0.3, 0.4) is 0 Å². The SMILES string of the molecule is CN(C(=O)C(F)(F)C(F)(F)F)C1CCNCC1. The summed E-state index contributed by atoms with van der Waals surface area (Å²) in [6.07, 6.45) is -5.10. The van der Waals surface area contributed by atoms with Gasteiger partial charge in [0.05, 0.1) is 0 Å². The van der Waals surface area contributed by atoms with Crippen molar-refractivity contribution in [1.29, 1.82) is 0 Å². The second-order valence-electron chi connectivity index (χ2n) is 3.97. The molecule has 0 saturated carbocycles. The Morgan fingerprint density at radius 1 is 1.18 bits per heavy atom. The first kappa shape index (κ1) is 14.1. The molecule has 0 radical (unpaired) electrons. The third-order valence-corrected chi connectivity index (χ3v) is 2.80. The standard InChI is InChI=1S/C9H13F5N2O/c1-16(6-2-4-15-5-3-6)7(17)8(10,11)9(12,13)14/h6,15H,2-5H2,1H3. The number of amides is 1. The Labute approximate surface area is 95.0 Å². The molecule has 1 rings (SSSR count). The molecule has 0 unspecified atom stereocenters. The second kappa shape index (κ2) is 4.75. The molecule has 1 aliphatic rings. The van der Waals surface area contributed by atoms with Crippen molar-refractivity contribution in [1.82, 2.24) is 10.2 Å². The van der Waals surface area contributed by atoms with Crippen molar-refractivity contribution >= 4 is 5.91 Å². The van der Waals surface area contributed by atoms with E-state index in [1.807, 2.05) is 0 Å². The zero-order valence-electron chi connectivity index (χ0n) is 9.15. The minimum absolute atomic E-state index is 0.371. The Balaban J connectivity index is 2.74. The lowest BCUT2D eigenvalue weighted by atomic mass is 10.0. The van der Waals surface area contributed by atoms with E-state index in [2.05, 4.69) is 5.32 Å². The fourth-order valence-electron chi connectivity index (χ4n) is 1.70. The summed E-state index contributed by atoms with van der Waals surface area (Å²) < 4.78 is 61.6. The van der Waals surface area contributed by atoms with E-state index in [9.17, 15) is 26.7 Å². The lowest BCUT2D eigenvalue weighted by molar-refractivity contribution is -0.274. The van der Waals surface area contributed by atoms with Gasteiger partial charge in [0.2, 0.25) is 0 Å². The second-order valence-corrected chi connectivity index (χ2v) is 3.97. The number of rotatable bonds is 2. The molecule has 3 nitrogen and oxygen atoms in total. The van der Waals surface area contributed by atoms with Crippen LogP contribution in [0.5, 0.6) is 0 Å². The molecule has 8 heteroatoms. The van der Waals surface area contributed by atoms with E-state index >= 15 is 0 Å². The number of hydrogen-bond donors (Lipinski definition) is 1. The fourth-order valence-corrected chi connectivity index (χ4v) is 1.70. The summed E-state index contributed by atoms with van der Waals surface area (Å²) in [6, 6.07) is -0.572. The smallest absolute Gasteiger partial charge is 0.337 e. The molecule has 100 valence electrons. The number of halogens is 5. The van der Waals surface area contributed by atoms with Crippen LogP contribution in [0.1, 0.15) is 12.8 Å². The Morgan fingerprint density at radius 2 is 1.65 bits per heavy atom. The largest absolute Gasteiger partial charge is 0.463 e. The van der Waals surface area contributed by atoms with Gasteiger partial charge in [-0.3, -0.25) is 4.79 Å². The molecule has 0 aromatic heterocycles. The van der Waals surface area contributed by atoms with Gasteiger partial charge in [0.1, 0.15) is 0 Å². The zero-order chi connectivity index (χ0) is 13.3. The minimum atomic E-state index is -5.84. The molecule has 0 bridgehead atoms. The van der Waals surface area contributed by atoms with Crippen molar-refractivity contribution in [2.24, 2.45) is 0 Å². The van der Waals surface area contributed by atoms with Gasteiger partial charge in [0, 0.05) is 13.1 Å². The molecule has 0 aliphatic carbocycles. The van der Waals surface area contributed by atoms with E-state index in [-0.39, 0.29) is 0 Å². The molecule has 1 heterocycles. The molecule has 0 aromatic carbocycles. The van der Waals surface area contributed by atoms with Crippen LogP contribution < -0.4 is 5.32 Å². The highest BCUT2D eigenvalue weighted by atomic mass is 19.4. The number of nitrogens with zero attached hydrogens (tertiary/aromatic N) is 1. The predicted octanol–water partition coefficient (Wildman–Crippen LogP) is 1.39. The summed E-state index contributed by atoms with van der Waals surface area (Å²) >= 11 is 0. The monoisotopic (exact) mass is 260 g/mol. The van der Waals surface area contributed by atoms with Crippen LogP contribution in [0.15, 0.2) is 0 Å². The topological polar surface area (TPSA) is 32.3 Å². The van der Waals surface area contributed by atoms with Gasteiger partial charge in [-0.1, -0.05) is 0 Å². The molecule has 0 spiro atoms. The Bertz CT molecular complexity index is 286. The molecule has 1 saturated heterocycles. The number of carbonyl (C=O) groups excluding carboxylic acids is 1. The van der Waals surface area contributed by atoms with Gasteiger partial charge in [-0.15, -0.1) is 0 Å². The van der Waals surface area contributed by atoms with Crippen molar-refractivity contribution in [3.8, 4) is 0 Å². The van der Waals surface area contributed by atoms with Gasteiger partial charge in [-0.05, 0) is 25.9 Å². The summed E-state index contributed by atoms with van der Waals surface area (Å²) in [5.41, 5.74) is 0. The highest BCUT2D eigenvalue weighted by Gasteiger charge is 2.64. The van der Waals surface area contributed by atoms with Crippen LogP contribution in [0, 0.1) is 0 Å². The average molecular weight is 260 g/mol. The van der Waals surface area contributed by atoms with E-state index in [4.69, 9.17) is 0 Å². The van der Waals surface area contributed by atoms with Crippen molar-refractivity contribution in [2.45, 2.75) is 31.0 Å². The van der Waals surface area contributed by atoms with Crippen LogP contribution in [0.25, 0.3) is 0 Å². The number of nitrogens with one attached hydrogen (secondary N) is 1. The molecule has 0 atom stereocenters. The molecule has 1 N–H and O–H groups in total. The van der Waals surface area contributed by atoms with E-state index in [1.54, 1.807) is 0 Å². The van der Waals surface area contributed by atoms with Crippen molar-refractivity contribution in [2.75, 3.05) is 20.1 Å². The number of hydrogen-bond acceptors (Lipinski definition) is 2. The maximum absolute atomic E-state index is 12.8. The van der Waals surface area contributed by atoms with Gasteiger partial charge in [0.15, 0.2) is 0 Å². The minimum Gasteiger partial charge on any atom is -0.337 e. The van der Waals surface area contributed by atoms with Crippen LogP contribution in [0.2, 0.25) is 0 Å². The van der Waals surface area contributed by atoms with Gasteiger partial charge in [-0.25, -0.2) is 0 Å². The Morgan fingerprint density at radius 3 is 2.06 bits per heavy atom. The molecule has 1 fully saturated rings. The average Bonchev–Trinajstić information content (AvgIpc) is 2.26. The van der Waals surface area contributed by atoms with E-state index in [0.717, 1.165) is 7.05 Å². The summed E-state index contributed by atoms with van der Waals surface area (Å²) in [4.78, 5) is 11.7. The summed E-state index contributed by atoms with van der Waals surface area (Å²) in [5, 5.41) is 2.93. The first-order valence-electron chi connectivity index (χ1n) is 5.10. The summed E-state index contributed by atoms with van der Waals surface area (Å²) in [5.74, 6) is -7.50. The molecular formula is C9H13F5N2O. The molecule has 1 aliphatic heterocycles. The van der Waals surface area contributed by atoms with Crippen LogP contribution in [0.4, 0.5) is 22.0 Å². The lowest BCUT2D eigenvalue weighted by Gasteiger charge is -2.34. The highest BCUT2D eigenvalue weighted by Crippen LogP contribution is 2.37. The van der Waals surface area contributed by atoms with Gasteiger partial charge < -0.3 is 10.2 Å². The van der Waals surface area contributed by atoms with Crippen LogP contribution >= 0.6 is 0 Å². The van der Waals surface area contributed by atoms with Crippen LogP contribution in [-0.4, -0.2) is 49.1 Å². The summed E-state index contributed by atoms with van der Waals surface area (Å²) in [7, 11) is 0.984. The van der Waals surface area contributed by atoms with Crippen molar-refractivity contribution in [3.05, 3.63) is 0 Å². The highest BCUT2D eigenvalue weighted by molar-refractivity contribution is 5.84. The first-order chi connectivity index (χ1) is 7.68. The quantitative estimate of drug-likeness (QED) is 0.761. The Hall–Kier alpha value is -0.920. The maximum atomic E-state index is 12.8. The number of alkyl halides is 5. The molecule has 17 heavy (non-hydrogen) atoms. The van der Waals surface area contributed by atoms with Crippen LogP contribution in [-0.2, 0) is 4.79 Å². The molecule has 0 aromatic rings. The normalized spacial score (nSPS) is 19.2. The zero-order valence-corrected chi connectivity index (χ0v) is 9.15. The van der Waals surface area contributed by atoms with Gasteiger partial charge >= 0.3 is 18.0 Å². The number of carbonyl (C=O) groups is 1. The van der Waals surface area contributed by atoms with Crippen molar-refractivity contribution < 1.29 is 26.7 Å². The maximum Gasteiger partial charge on any atom is 0.463 e. The molecular weight excluding hydrogens is 247 g/mol. The Kier molecular flexibility index (Phi) is 3.95. The first-order valence-corrected chi connectivity index (χ1v) is 5.10. The predicted molar refractivity (Wildman–Crippen MR) is 49.7 cm³/mol. The van der Waals surface area contributed by atoms with Crippen molar-refractivity contribution in [3.63, 3.8) is 0 Å². The fraction of sp³-hybridized carbons (Fsp3) is 0.889. The van der Waals surface area contributed by atoms with E-state index < -0.39 is 24.0 Å². The molecule has 1 amide bonds. The number of piperidine rings is 1. The van der Waals surface area contributed by atoms with Gasteiger partial charge in [0.25, 0.3) is 0 Å². The lowest BCUT2D eigenvalue weighted by Crippen LogP contribution is -2.55. The van der Waals surface area contributed by atoms with E-state index in [1.165, 1.54) is 0 Å².